The summed E-state index contributed by atoms with van der Waals surface area (Å²) in [4.78, 5) is 33.8. The van der Waals surface area contributed by atoms with Crippen LogP contribution in [0.25, 0.3) is 11.3 Å². The second-order valence-electron chi connectivity index (χ2n) is 9.73. The Morgan fingerprint density at radius 3 is 2.41 bits per heavy atom. The molecule has 0 radical (unpaired) electrons. The molecule has 2 aliphatic rings. The number of pyridine rings is 1. The van der Waals surface area contributed by atoms with E-state index in [0.717, 1.165) is 23.8 Å². The van der Waals surface area contributed by atoms with Crippen molar-refractivity contribution in [3.05, 3.63) is 77.2 Å². The molecule has 0 bridgehead atoms. The van der Waals surface area contributed by atoms with Crippen LogP contribution in [0.2, 0.25) is 0 Å². The van der Waals surface area contributed by atoms with Crippen molar-refractivity contribution in [3.63, 3.8) is 0 Å². The zero-order valence-electron chi connectivity index (χ0n) is 21.6. The molecule has 7 nitrogen and oxygen atoms in total. The summed E-state index contributed by atoms with van der Waals surface area (Å²) in [6.45, 7) is 1.39. The topological polar surface area (TPSA) is 72.0 Å². The highest BCUT2D eigenvalue weighted by molar-refractivity contribution is 5.93. The molecule has 204 valence electrons. The fraction of sp³-hybridized carbons (Fsp3) is 0.345. The number of hydrogen-bond acceptors (Lipinski definition) is 5. The molecule has 0 saturated carbocycles. The Balaban J connectivity index is 1.26. The summed E-state index contributed by atoms with van der Waals surface area (Å²) in [5, 5.41) is 0. The van der Waals surface area contributed by atoms with Crippen LogP contribution in [0, 0.1) is 23.4 Å². The van der Waals surface area contributed by atoms with Crippen LogP contribution in [0.1, 0.15) is 28.9 Å². The maximum Gasteiger partial charge on any atom is 0.272 e. The van der Waals surface area contributed by atoms with E-state index in [2.05, 4.69) is 4.98 Å². The number of aromatic nitrogens is 1. The Kier molecular flexibility index (Phi) is 7.45. The van der Waals surface area contributed by atoms with Crippen molar-refractivity contribution in [2.24, 2.45) is 5.92 Å². The van der Waals surface area contributed by atoms with Gasteiger partial charge >= 0.3 is 0 Å². The summed E-state index contributed by atoms with van der Waals surface area (Å²) >= 11 is 0. The van der Waals surface area contributed by atoms with Crippen molar-refractivity contribution in [1.29, 1.82) is 0 Å². The molecule has 3 heterocycles. The molecule has 1 aromatic heterocycles. The lowest BCUT2D eigenvalue weighted by atomic mass is 10.0. The molecule has 2 saturated heterocycles. The van der Waals surface area contributed by atoms with Gasteiger partial charge in [0.2, 0.25) is 5.91 Å². The number of benzene rings is 2. The predicted molar refractivity (Wildman–Crippen MR) is 137 cm³/mol. The zero-order chi connectivity index (χ0) is 27.7. The van der Waals surface area contributed by atoms with Gasteiger partial charge in [0.15, 0.2) is 11.5 Å². The molecule has 2 fully saturated rings. The fourth-order valence-electron chi connectivity index (χ4n) is 5.47. The Labute approximate surface area is 224 Å². The van der Waals surface area contributed by atoms with E-state index >= 15 is 0 Å². The first-order valence-electron chi connectivity index (χ1n) is 12.7. The van der Waals surface area contributed by atoms with E-state index in [0.29, 0.717) is 50.4 Å². The molecule has 2 aliphatic heterocycles. The minimum Gasteiger partial charge on any atom is -0.493 e. The molecule has 39 heavy (non-hydrogen) atoms. The summed E-state index contributed by atoms with van der Waals surface area (Å²) in [6, 6.07) is 10.7. The number of ether oxygens (including phenoxy) is 2. The molecular formula is C29H28F3N3O4. The van der Waals surface area contributed by atoms with Gasteiger partial charge in [0.25, 0.3) is 5.91 Å². The summed E-state index contributed by atoms with van der Waals surface area (Å²) < 4.78 is 53.7. The number of carbonyl (C=O) groups is 2. The molecule has 3 aromatic rings. The quantitative estimate of drug-likeness (QED) is 0.443. The van der Waals surface area contributed by atoms with Crippen LogP contribution in [0.15, 0.2) is 48.5 Å². The van der Waals surface area contributed by atoms with E-state index in [9.17, 15) is 22.8 Å². The number of rotatable bonds is 7. The molecule has 2 aromatic carbocycles. The number of aryl methyl sites for hydroxylation is 1. The van der Waals surface area contributed by atoms with E-state index in [1.165, 1.54) is 12.1 Å². The summed E-state index contributed by atoms with van der Waals surface area (Å²) in [6.07, 6.45) is 1.55. The van der Waals surface area contributed by atoms with E-state index < -0.39 is 34.6 Å². The first-order valence-corrected chi connectivity index (χ1v) is 12.7. The van der Waals surface area contributed by atoms with Crippen LogP contribution < -0.4 is 9.47 Å². The van der Waals surface area contributed by atoms with Gasteiger partial charge in [-0.15, -0.1) is 0 Å². The van der Waals surface area contributed by atoms with Gasteiger partial charge in [-0.2, -0.15) is 0 Å². The second-order valence-corrected chi connectivity index (χ2v) is 9.73. The number of carbonyl (C=O) groups excluding carboxylic acids is 2. The van der Waals surface area contributed by atoms with Gasteiger partial charge in [-0.25, -0.2) is 18.2 Å². The van der Waals surface area contributed by atoms with Crippen molar-refractivity contribution in [3.8, 4) is 22.8 Å². The Morgan fingerprint density at radius 1 is 0.949 bits per heavy atom. The third-order valence-corrected chi connectivity index (χ3v) is 7.50. The van der Waals surface area contributed by atoms with Gasteiger partial charge in [-0.05, 0) is 54.8 Å². The van der Waals surface area contributed by atoms with E-state index in [1.807, 2.05) is 12.1 Å². The van der Waals surface area contributed by atoms with E-state index in [1.54, 1.807) is 30.1 Å². The zero-order valence-corrected chi connectivity index (χ0v) is 21.6. The fourth-order valence-corrected chi connectivity index (χ4v) is 5.47. The molecule has 5 rings (SSSR count). The summed E-state index contributed by atoms with van der Waals surface area (Å²) in [7, 11) is 3.12. The van der Waals surface area contributed by atoms with Gasteiger partial charge < -0.3 is 19.3 Å². The second kappa shape index (κ2) is 11.0. The van der Waals surface area contributed by atoms with Crippen molar-refractivity contribution in [1.82, 2.24) is 14.8 Å². The first-order chi connectivity index (χ1) is 18.8. The van der Waals surface area contributed by atoms with Crippen molar-refractivity contribution >= 4 is 11.8 Å². The van der Waals surface area contributed by atoms with E-state index in [-0.39, 0.29) is 23.6 Å². The molecule has 2 amide bonds. The van der Waals surface area contributed by atoms with E-state index in [4.69, 9.17) is 9.47 Å². The summed E-state index contributed by atoms with van der Waals surface area (Å²) in [5.41, 5.74) is -0.323. The highest BCUT2D eigenvalue weighted by atomic mass is 19.1. The van der Waals surface area contributed by atoms with Crippen LogP contribution in [0.4, 0.5) is 13.2 Å². The molecule has 0 spiro atoms. The smallest absolute Gasteiger partial charge is 0.272 e. The van der Waals surface area contributed by atoms with Crippen LogP contribution in [0.5, 0.6) is 11.5 Å². The molecule has 10 heteroatoms. The maximum atomic E-state index is 14.5. The number of halogens is 3. The normalized spacial score (nSPS) is 18.3. The number of nitrogens with zero attached hydrogens (tertiary/aromatic N) is 3. The average Bonchev–Trinajstić information content (AvgIpc) is 3.53. The predicted octanol–water partition coefficient (Wildman–Crippen LogP) is 4.49. The molecule has 0 unspecified atom stereocenters. The van der Waals surface area contributed by atoms with Crippen LogP contribution in [0.3, 0.4) is 0 Å². The van der Waals surface area contributed by atoms with Gasteiger partial charge in [0.05, 0.1) is 25.8 Å². The minimum atomic E-state index is -0.967. The standard InChI is InChI=1S/C29H28F3N3O4/c1-38-24-10-6-17(14-25(24)39-2)7-11-26(36)34-15-18-12-13-35(23(18)16-34)29(37)22-9-8-21(32)28(33-22)27-19(30)4-3-5-20(27)31/h3-6,8-10,14,18,23H,7,11-13,15-16H2,1-2H3/t18-,23+/m0/s1. The lowest BCUT2D eigenvalue weighted by molar-refractivity contribution is -0.130. The van der Waals surface area contributed by atoms with Gasteiger partial charge in [-0.1, -0.05) is 12.1 Å². The monoisotopic (exact) mass is 539 g/mol. The molecule has 0 aliphatic carbocycles. The number of methoxy groups -OCH3 is 2. The maximum absolute atomic E-state index is 14.5. The third-order valence-electron chi connectivity index (χ3n) is 7.50. The van der Waals surface area contributed by atoms with Gasteiger partial charge in [0.1, 0.15) is 28.8 Å². The number of fused-ring (bicyclic) bond motifs is 1. The number of hydrogen-bond donors (Lipinski definition) is 0. The van der Waals surface area contributed by atoms with Gasteiger partial charge in [0, 0.05) is 32.0 Å². The molecule has 2 atom stereocenters. The van der Waals surface area contributed by atoms with Crippen molar-refractivity contribution in [2.75, 3.05) is 33.9 Å². The SMILES string of the molecule is COc1ccc(CCC(=O)N2C[C@@H]3CCN(C(=O)c4ccc(F)c(-c5c(F)cccc5F)n4)[C@@H]3C2)cc1OC. The van der Waals surface area contributed by atoms with Crippen LogP contribution >= 0.6 is 0 Å². The first kappa shape index (κ1) is 26.5. The van der Waals surface area contributed by atoms with Crippen LogP contribution in [-0.4, -0.2) is 66.5 Å². The van der Waals surface area contributed by atoms with Crippen LogP contribution in [-0.2, 0) is 11.2 Å². The minimum absolute atomic E-state index is 0.0104. The van der Waals surface area contributed by atoms with Crippen molar-refractivity contribution in [2.45, 2.75) is 25.3 Å². The Morgan fingerprint density at radius 2 is 1.69 bits per heavy atom. The highest BCUT2D eigenvalue weighted by Gasteiger charge is 2.45. The number of amides is 2. The molecule has 0 N–H and O–H groups in total. The Bertz CT molecular complexity index is 1400. The summed E-state index contributed by atoms with van der Waals surface area (Å²) in [5.74, 6) is -2.00. The van der Waals surface area contributed by atoms with Crippen molar-refractivity contribution < 1.29 is 32.2 Å². The average molecular weight is 540 g/mol. The van der Waals surface area contributed by atoms with Gasteiger partial charge in [-0.3, -0.25) is 9.59 Å². The molecular weight excluding hydrogens is 511 g/mol. The largest absolute Gasteiger partial charge is 0.493 e. The third kappa shape index (κ3) is 5.15. The highest BCUT2D eigenvalue weighted by Crippen LogP contribution is 2.34. The lowest BCUT2D eigenvalue weighted by Gasteiger charge is -2.25. The lowest BCUT2D eigenvalue weighted by Crippen LogP contribution is -2.41. The Hall–Kier alpha value is -4.08. The number of likely N-dealkylation sites (tertiary alicyclic amines) is 2.